The summed E-state index contributed by atoms with van der Waals surface area (Å²) >= 11 is 6.21. The topological polar surface area (TPSA) is 38.2 Å². The molecule has 1 unspecified atom stereocenters. The van der Waals surface area contributed by atoms with Crippen molar-refractivity contribution in [2.45, 2.75) is 25.4 Å². The highest BCUT2D eigenvalue weighted by atomic mass is 35.5. The largest absolute Gasteiger partial charge is 0.368 e. The molecule has 0 bridgehead atoms. The van der Waals surface area contributed by atoms with Gasteiger partial charge in [0.15, 0.2) is 5.82 Å². The predicted octanol–water partition coefficient (Wildman–Crippen LogP) is 1.62. The van der Waals surface area contributed by atoms with Crippen molar-refractivity contribution in [2.75, 3.05) is 26.7 Å². The molecular formula is C12H16ClN3O. The molecule has 1 aliphatic heterocycles. The third-order valence-electron chi connectivity index (χ3n) is 3.46. The maximum absolute atomic E-state index is 6.21. The Morgan fingerprint density at radius 3 is 3.06 bits per heavy atom. The van der Waals surface area contributed by atoms with Crippen molar-refractivity contribution in [3.8, 4) is 0 Å². The van der Waals surface area contributed by atoms with E-state index < -0.39 is 0 Å². The predicted molar refractivity (Wildman–Crippen MR) is 65.3 cm³/mol. The first kappa shape index (κ1) is 11.4. The number of rotatable bonds is 1. The molecule has 1 aromatic heterocycles. The van der Waals surface area contributed by atoms with Gasteiger partial charge < -0.3 is 9.64 Å². The Labute approximate surface area is 106 Å². The van der Waals surface area contributed by atoms with Crippen molar-refractivity contribution in [1.82, 2.24) is 14.9 Å². The van der Waals surface area contributed by atoms with Gasteiger partial charge >= 0.3 is 0 Å². The van der Waals surface area contributed by atoms with Gasteiger partial charge in [0.2, 0.25) is 0 Å². The van der Waals surface area contributed by atoms with Crippen LogP contribution in [0.3, 0.4) is 0 Å². The van der Waals surface area contributed by atoms with Crippen LogP contribution >= 0.6 is 11.6 Å². The van der Waals surface area contributed by atoms with E-state index >= 15 is 0 Å². The molecule has 0 spiro atoms. The Morgan fingerprint density at radius 1 is 1.35 bits per heavy atom. The molecule has 1 atom stereocenters. The normalized spacial score (nSPS) is 24.9. The van der Waals surface area contributed by atoms with Gasteiger partial charge in [0.25, 0.3) is 0 Å². The summed E-state index contributed by atoms with van der Waals surface area (Å²) < 4.78 is 5.72. The van der Waals surface area contributed by atoms with Crippen molar-refractivity contribution in [1.29, 1.82) is 0 Å². The molecule has 1 saturated heterocycles. The van der Waals surface area contributed by atoms with Crippen LogP contribution in [-0.4, -0.2) is 41.6 Å². The van der Waals surface area contributed by atoms with Crippen LogP contribution in [0.1, 0.15) is 29.6 Å². The minimum Gasteiger partial charge on any atom is -0.368 e. The Bertz CT molecular complexity index is 438. The van der Waals surface area contributed by atoms with Crippen molar-refractivity contribution in [3.63, 3.8) is 0 Å². The number of likely N-dealkylation sites (N-methyl/N-ethyl adjacent to an activating group) is 1. The molecule has 0 amide bonds. The standard InChI is InChI=1S/C12H16ClN3O/c1-16-5-6-17-10(7-16)12-14-9-4-2-3-8(9)11(13)15-12/h10H,2-7H2,1H3. The second-order valence-electron chi connectivity index (χ2n) is 4.77. The number of halogens is 1. The molecule has 3 rings (SSSR count). The number of aryl methyl sites for hydroxylation is 1. The van der Waals surface area contributed by atoms with Gasteiger partial charge in [-0.3, -0.25) is 0 Å². The Kier molecular flexibility index (Phi) is 3.03. The summed E-state index contributed by atoms with van der Waals surface area (Å²) in [5.41, 5.74) is 2.26. The lowest BCUT2D eigenvalue weighted by Gasteiger charge is -2.29. The minimum absolute atomic E-state index is 0.0304. The SMILES string of the molecule is CN1CCOC(c2nc(Cl)c3c(n2)CCC3)C1. The maximum atomic E-state index is 6.21. The first-order valence-electron chi connectivity index (χ1n) is 6.09. The lowest BCUT2D eigenvalue weighted by atomic mass is 10.2. The molecule has 2 aliphatic rings. The fraction of sp³-hybridized carbons (Fsp3) is 0.667. The van der Waals surface area contributed by atoms with E-state index in [-0.39, 0.29) is 6.10 Å². The van der Waals surface area contributed by atoms with Gasteiger partial charge in [-0.05, 0) is 26.3 Å². The van der Waals surface area contributed by atoms with E-state index in [4.69, 9.17) is 16.3 Å². The molecule has 1 aromatic rings. The van der Waals surface area contributed by atoms with E-state index in [1.54, 1.807) is 0 Å². The second-order valence-corrected chi connectivity index (χ2v) is 5.13. The van der Waals surface area contributed by atoms with Crippen LogP contribution in [0.5, 0.6) is 0 Å². The zero-order valence-corrected chi connectivity index (χ0v) is 10.7. The summed E-state index contributed by atoms with van der Waals surface area (Å²) in [7, 11) is 2.09. The molecular weight excluding hydrogens is 238 g/mol. The summed E-state index contributed by atoms with van der Waals surface area (Å²) in [6.07, 6.45) is 3.14. The first-order chi connectivity index (χ1) is 8.24. The van der Waals surface area contributed by atoms with E-state index in [1.807, 2.05) is 0 Å². The van der Waals surface area contributed by atoms with E-state index in [1.165, 1.54) is 0 Å². The number of morpholine rings is 1. The summed E-state index contributed by atoms with van der Waals surface area (Å²) in [5.74, 6) is 0.752. The molecule has 17 heavy (non-hydrogen) atoms. The van der Waals surface area contributed by atoms with E-state index in [0.29, 0.717) is 5.15 Å². The molecule has 0 N–H and O–H groups in total. The van der Waals surface area contributed by atoms with Gasteiger partial charge in [-0.1, -0.05) is 11.6 Å². The molecule has 0 saturated carbocycles. The Morgan fingerprint density at radius 2 is 2.24 bits per heavy atom. The third kappa shape index (κ3) is 2.17. The summed E-state index contributed by atoms with van der Waals surface area (Å²) in [6, 6.07) is 0. The molecule has 0 aromatic carbocycles. The van der Waals surface area contributed by atoms with Crippen LogP contribution in [0.15, 0.2) is 0 Å². The number of hydrogen-bond acceptors (Lipinski definition) is 4. The summed E-state index contributed by atoms with van der Waals surface area (Å²) in [4.78, 5) is 11.3. The lowest BCUT2D eigenvalue weighted by molar-refractivity contribution is -0.0255. The van der Waals surface area contributed by atoms with Gasteiger partial charge in [-0.25, -0.2) is 9.97 Å². The van der Waals surface area contributed by atoms with Crippen LogP contribution in [0, 0.1) is 0 Å². The highest BCUT2D eigenvalue weighted by molar-refractivity contribution is 6.30. The molecule has 5 heteroatoms. The molecule has 0 radical (unpaired) electrons. The van der Waals surface area contributed by atoms with Crippen molar-refractivity contribution >= 4 is 11.6 Å². The minimum atomic E-state index is -0.0304. The smallest absolute Gasteiger partial charge is 0.160 e. The van der Waals surface area contributed by atoms with E-state index in [0.717, 1.165) is 56.0 Å². The van der Waals surface area contributed by atoms with E-state index in [9.17, 15) is 0 Å². The maximum Gasteiger partial charge on any atom is 0.160 e. The Hall–Kier alpha value is -0.710. The number of nitrogens with zero attached hydrogens (tertiary/aromatic N) is 3. The van der Waals surface area contributed by atoms with Crippen LogP contribution < -0.4 is 0 Å². The number of ether oxygens (including phenoxy) is 1. The molecule has 1 fully saturated rings. The van der Waals surface area contributed by atoms with Crippen molar-refractivity contribution < 1.29 is 4.74 Å². The number of aromatic nitrogens is 2. The second kappa shape index (κ2) is 4.52. The van der Waals surface area contributed by atoms with Gasteiger partial charge in [0.1, 0.15) is 11.3 Å². The lowest BCUT2D eigenvalue weighted by Crippen LogP contribution is -2.36. The van der Waals surface area contributed by atoms with Gasteiger partial charge in [-0.2, -0.15) is 0 Å². The third-order valence-corrected chi connectivity index (χ3v) is 3.77. The first-order valence-corrected chi connectivity index (χ1v) is 6.47. The van der Waals surface area contributed by atoms with Crippen molar-refractivity contribution in [2.24, 2.45) is 0 Å². The van der Waals surface area contributed by atoms with E-state index in [2.05, 4.69) is 21.9 Å². The van der Waals surface area contributed by atoms with Gasteiger partial charge in [0, 0.05) is 24.3 Å². The number of fused-ring (bicyclic) bond motifs is 1. The highest BCUT2D eigenvalue weighted by Gasteiger charge is 2.25. The zero-order chi connectivity index (χ0) is 11.8. The van der Waals surface area contributed by atoms with Gasteiger partial charge in [-0.15, -0.1) is 0 Å². The molecule has 4 nitrogen and oxygen atoms in total. The highest BCUT2D eigenvalue weighted by Crippen LogP contribution is 2.28. The number of hydrogen-bond donors (Lipinski definition) is 0. The van der Waals surface area contributed by atoms with Crippen LogP contribution in [0.2, 0.25) is 5.15 Å². The quantitative estimate of drug-likeness (QED) is 0.713. The fourth-order valence-electron chi connectivity index (χ4n) is 2.48. The molecule has 2 heterocycles. The molecule has 92 valence electrons. The van der Waals surface area contributed by atoms with Crippen molar-refractivity contribution in [3.05, 3.63) is 22.2 Å². The zero-order valence-electron chi connectivity index (χ0n) is 9.95. The van der Waals surface area contributed by atoms with Gasteiger partial charge in [0.05, 0.1) is 6.61 Å². The average molecular weight is 254 g/mol. The van der Waals surface area contributed by atoms with Crippen LogP contribution in [0.25, 0.3) is 0 Å². The van der Waals surface area contributed by atoms with Crippen LogP contribution in [0.4, 0.5) is 0 Å². The Balaban J connectivity index is 1.90. The van der Waals surface area contributed by atoms with Crippen LogP contribution in [-0.2, 0) is 17.6 Å². The fourth-order valence-corrected chi connectivity index (χ4v) is 2.77. The average Bonchev–Trinajstić information content (AvgIpc) is 2.77. The summed E-state index contributed by atoms with van der Waals surface area (Å²) in [6.45, 7) is 2.55. The monoisotopic (exact) mass is 253 g/mol. The summed E-state index contributed by atoms with van der Waals surface area (Å²) in [5, 5.41) is 0.624. The molecule has 1 aliphatic carbocycles.